The molecule has 4 nitrogen and oxygen atoms in total. The first-order chi connectivity index (χ1) is 13.9. The second kappa shape index (κ2) is 7.93. The highest BCUT2D eigenvalue weighted by Crippen LogP contribution is 2.34. The Kier molecular flexibility index (Phi) is 5.35. The molecule has 0 aliphatic carbocycles. The lowest BCUT2D eigenvalue weighted by atomic mass is 10.1. The molecule has 2 aromatic heterocycles. The van der Waals surface area contributed by atoms with Crippen LogP contribution in [0.1, 0.15) is 32.7 Å². The summed E-state index contributed by atoms with van der Waals surface area (Å²) in [6.07, 6.45) is 1.73. The Morgan fingerprint density at radius 1 is 1.07 bits per heavy atom. The zero-order chi connectivity index (χ0) is 20.5. The number of nitrogens with zero attached hydrogens (tertiary/aromatic N) is 3. The Labute approximate surface area is 178 Å². The van der Waals surface area contributed by atoms with Crippen molar-refractivity contribution >= 4 is 44.2 Å². The van der Waals surface area contributed by atoms with E-state index in [4.69, 9.17) is 16.6 Å². The maximum Gasteiger partial charge on any atom is 0.260 e. The summed E-state index contributed by atoms with van der Waals surface area (Å²) in [6.45, 7) is 6.29. The summed E-state index contributed by atoms with van der Waals surface area (Å²) in [6, 6.07) is 15.4. The molecule has 6 heteroatoms. The van der Waals surface area contributed by atoms with Gasteiger partial charge >= 0.3 is 0 Å². The number of carbonyl (C=O) groups is 1. The SMILES string of the molecule is Cc1cc(C)cc(C(=O)N(Cc2ccccn2)c2nc3c(C)c(Cl)ccc3s2)c1. The van der Waals surface area contributed by atoms with Crippen LogP contribution < -0.4 is 4.90 Å². The van der Waals surface area contributed by atoms with Crippen LogP contribution in [0.25, 0.3) is 10.2 Å². The number of hydrogen-bond donors (Lipinski definition) is 0. The van der Waals surface area contributed by atoms with Gasteiger partial charge in [0.05, 0.1) is 22.5 Å². The fraction of sp³-hybridized carbons (Fsp3) is 0.174. The third-order valence-corrected chi connectivity index (χ3v) is 6.18. The van der Waals surface area contributed by atoms with Gasteiger partial charge in [-0.3, -0.25) is 14.7 Å². The first-order valence-corrected chi connectivity index (χ1v) is 10.5. The normalized spacial score (nSPS) is 11.0. The maximum absolute atomic E-state index is 13.5. The summed E-state index contributed by atoms with van der Waals surface area (Å²) in [7, 11) is 0. The van der Waals surface area contributed by atoms with Crippen molar-refractivity contribution in [1.82, 2.24) is 9.97 Å². The highest BCUT2D eigenvalue weighted by atomic mass is 35.5. The predicted molar refractivity (Wildman–Crippen MR) is 120 cm³/mol. The van der Waals surface area contributed by atoms with Gasteiger partial charge in [0.15, 0.2) is 5.13 Å². The fourth-order valence-corrected chi connectivity index (χ4v) is 4.51. The maximum atomic E-state index is 13.5. The van der Waals surface area contributed by atoms with E-state index >= 15 is 0 Å². The van der Waals surface area contributed by atoms with Crippen LogP contribution in [0.5, 0.6) is 0 Å². The quantitative estimate of drug-likeness (QED) is 0.399. The van der Waals surface area contributed by atoms with Gasteiger partial charge in [0.1, 0.15) is 0 Å². The number of halogens is 1. The predicted octanol–water partition coefficient (Wildman–Crippen LogP) is 6.12. The molecule has 0 aliphatic heterocycles. The topological polar surface area (TPSA) is 46.1 Å². The number of hydrogen-bond acceptors (Lipinski definition) is 4. The van der Waals surface area contributed by atoms with Crippen molar-refractivity contribution in [2.45, 2.75) is 27.3 Å². The molecule has 4 aromatic rings. The minimum atomic E-state index is -0.0924. The van der Waals surface area contributed by atoms with Gasteiger partial charge in [0.2, 0.25) is 0 Å². The number of carbonyl (C=O) groups excluding carboxylic acids is 1. The van der Waals surface area contributed by atoms with E-state index in [2.05, 4.69) is 11.1 Å². The zero-order valence-electron chi connectivity index (χ0n) is 16.4. The van der Waals surface area contributed by atoms with Gasteiger partial charge < -0.3 is 0 Å². The van der Waals surface area contributed by atoms with Gasteiger partial charge in [-0.25, -0.2) is 4.98 Å². The molecule has 0 unspecified atom stereocenters. The Balaban J connectivity index is 1.82. The lowest BCUT2D eigenvalue weighted by Crippen LogP contribution is -2.30. The van der Waals surface area contributed by atoms with Crippen LogP contribution >= 0.6 is 22.9 Å². The molecule has 4 rings (SSSR count). The Hall–Kier alpha value is -2.76. The molecule has 0 saturated heterocycles. The van der Waals surface area contributed by atoms with Crippen LogP contribution in [0.15, 0.2) is 54.7 Å². The number of aromatic nitrogens is 2. The van der Waals surface area contributed by atoms with Crippen LogP contribution in [0, 0.1) is 20.8 Å². The second-order valence-electron chi connectivity index (χ2n) is 7.10. The average Bonchev–Trinajstić information content (AvgIpc) is 3.13. The van der Waals surface area contributed by atoms with Crippen molar-refractivity contribution in [2.24, 2.45) is 0 Å². The van der Waals surface area contributed by atoms with Crippen LogP contribution in [0.4, 0.5) is 5.13 Å². The van der Waals surface area contributed by atoms with E-state index in [0.29, 0.717) is 22.3 Å². The Morgan fingerprint density at radius 2 is 1.83 bits per heavy atom. The van der Waals surface area contributed by atoms with Crippen molar-refractivity contribution in [1.29, 1.82) is 0 Å². The standard InChI is InChI=1S/C23H20ClN3OS/c1-14-10-15(2)12-17(11-14)22(28)27(13-18-6-4-5-9-25-18)23-26-21-16(3)19(24)7-8-20(21)29-23/h4-12H,13H2,1-3H3. The lowest BCUT2D eigenvalue weighted by molar-refractivity contribution is 0.0984. The monoisotopic (exact) mass is 421 g/mol. The average molecular weight is 422 g/mol. The summed E-state index contributed by atoms with van der Waals surface area (Å²) in [5, 5.41) is 1.31. The summed E-state index contributed by atoms with van der Waals surface area (Å²) < 4.78 is 1.00. The number of amides is 1. The summed E-state index contributed by atoms with van der Waals surface area (Å²) in [5.74, 6) is -0.0924. The van der Waals surface area contributed by atoms with Crippen LogP contribution in [-0.2, 0) is 6.54 Å². The van der Waals surface area contributed by atoms with Crippen molar-refractivity contribution in [3.05, 3.63) is 87.7 Å². The van der Waals surface area contributed by atoms with E-state index in [0.717, 1.165) is 32.6 Å². The Bertz CT molecular complexity index is 1180. The zero-order valence-corrected chi connectivity index (χ0v) is 18.0. The molecular weight excluding hydrogens is 402 g/mol. The molecule has 29 heavy (non-hydrogen) atoms. The van der Waals surface area contributed by atoms with E-state index in [9.17, 15) is 4.79 Å². The molecular formula is C23H20ClN3OS. The van der Waals surface area contributed by atoms with E-state index < -0.39 is 0 Å². The molecule has 146 valence electrons. The number of aryl methyl sites for hydroxylation is 3. The molecule has 0 aliphatic rings. The van der Waals surface area contributed by atoms with Crippen LogP contribution in [-0.4, -0.2) is 15.9 Å². The van der Waals surface area contributed by atoms with E-state index in [1.54, 1.807) is 11.1 Å². The number of anilines is 1. The largest absolute Gasteiger partial charge is 0.278 e. The molecule has 2 heterocycles. The first kappa shape index (κ1) is 19.6. The van der Waals surface area contributed by atoms with Crippen molar-refractivity contribution in [3.8, 4) is 0 Å². The van der Waals surface area contributed by atoms with Gasteiger partial charge in [-0.1, -0.05) is 46.2 Å². The number of fused-ring (bicyclic) bond motifs is 1. The molecule has 0 bridgehead atoms. The molecule has 0 N–H and O–H groups in total. The Morgan fingerprint density at radius 3 is 2.52 bits per heavy atom. The number of benzene rings is 2. The summed E-state index contributed by atoms with van der Waals surface area (Å²) >= 11 is 7.76. The van der Waals surface area contributed by atoms with Crippen molar-refractivity contribution in [2.75, 3.05) is 4.90 Å². The molecule has 0 saturated carbocycles. The number of thiazole rings is 1. The molecule has 0 fully saturated rings. The lowest BCUT2D eigenvalue weighted by Gasteiger charge is -2.20. The van der Waals surface area contributed by atoms with Gasteiger partial charge in [-0.15, -0.1) is 0 Å². The van der Waals surface area contributed by atoms with Crippen molar-refractivity contribution < 1.29 is 4.79 Å². The first-order valence-electron chi connectivity index (χ1n) is 9.28. The van der Waals surface area contributed by atoms with Crippen LogP contribution in [0.3, 0.4) is 0 Å². The smallest absolute Gasteiger partial charge is 0.260 e. The van der Waals surface area contributed by atoms with Gasteiger partial charge in [-0.2, -0.15) is 0 Å². The molecule has 0 atom stereocenters. The van der Waals surface area contributed by atoms with Gasteiger partial charge in [-0.05, 0) is 62.7 Å². The fourth-order valence-electron chi connectivity index (χ4n) is 3.34. The summed E-state index contributed by atoms with van der Waals surface area (Å²) in [4.78, 5) is 24.4. The number of rotatable bonds is 4. The van der Waals surface area contributed by atoms with Gasteiger partial charge in [0.25, 0.3) is 5.91 Å². The third kappa shape index (κ3) is 4.02. The van der Waals surface area contributed by atoms with E-state index in [1.807, 2.05) is 63.2 Å². The third-order valence-electron chi connectivity index (χ3n) is 4.73. The van der Waals surface area contributed by atoms with Crippen LogP contribution in [0.2, 0.25) is 5.02 Å². The highest BCUT2D eigenvalue weighted by Gasteiger charge is 2.23. The van der Waals surface area contributed by atoms with Crippen molar-refractivity contribution in [3.63, 3.8) is 0 Å². The highest BCUT2D eigenvalue weighted by molar-refractivity contribution is 7.22. The molecule has 0 radical (unpaired) electrons. The minimum Gasteiger partial charge on any atom is -0.278 e. The number of pyridine rings is 1. The summed E-state index contributed by atoms with van der Waals surface area (Å²) in [5.41, 5.74) is 5.31. The minimum absolute atomic E-state index is 0.0924. The van der Waals surface area contributed by atoms with E-state index in [1.165, 1.54) is 11.3 Å². The second-order valence-corrected chi connectivity index (χ2v) is 8.52. The molecule has 0 spiro atoms. The molecule has 2 aromatic carbocycles. The van der Waals surface area contributed by atoms with Gasteiger partial charge in [0, 0.05) is 16.8 Å². The van der Waals surface area contributed by atoms with E-state index in [-0.39, 0.29) is 5.91 Å². The molecule has 1 amide bonds.